The van der Waals surface area contributed by atoms with Crippen LogP contribution in [-0.2, 0) is 0 Å². The molecule has 1 aromatic carbocycles. The Hall–Kier alpha value is -1.22. The van der Waals surface area contributed by atoms with Crippen molar-refractivity contribution in [1.82, 2.24) is 4.90 Å². The summed E-state index contributed by atoms with van der Waals surface area (Å²) >= 11 is 6.09. The number of anilines is 1. The lowest BCUT2D eigenvalue weighted by atomic mass is 9.91. The van der Waals surface area contributed by atoms with Crippen molar-refractivity contribution < 1.29 is 4.79 Å². The lowest BCUT2D eigenvalue weighted by molar-refractivity contribution is 0.0551. The Bertz CT molecular complexity index is 461. The predicted molar refractivity (Wildman–Crippen MR) is 74.8 cm³/mol. The minimum Gasteiger partial charge on any atom is -0.399 e. The van der Waals surface area contributed by atoms with E-state index in [4.69, 9.17) is 17.3 Å². The van der Waals surface area contributed by atoms with Crippen molar-refractivity contribution in [2.45, 2.75) is 32.7 Å². The van der Waals surface area contributed by atoms with Gasteiger partial charge in [-0.1, -0.05) is 18.5 Å². The van der Waals surface area contributed by atoms with Gasteiger partial charge in [-0.15, -0.1) is 0 Å². The second kappa shape index (κ2) is 5.19. The zero-order valence-corrected chi connectivity index (χ0v) is 11.6. The van der Waals surface area contributed by atoms with E-state index < -0.39 is 0 Å². The smallest absolute Gasteiger partial charge is 0.255 e. The highest BCUT2D eigenvalue weighted by Crippen LogP contribution is 2.27. The van der Waals surface area contributed by atoms with Crippen LogP contribution in [0.4, 0.5) is 5.69 Å². The molecule has 0 radical (unpaired) electrons. The first-order valence-electron chi connectivity index (χ1n) is 6.36. The van der Waals surface area contributed by atoms with Gasteiger partial charge in [-0.25, -0.2) is 0 Å². The zero-order chi connectivity index (χ0) is 13.3. The van der Waals surface area contributed by atoms with E-state index in [0.29, 0.717) is 22.2 Å². The van der Waals surface area contributed by atoms with Crippen molar-refractivity contribution in [1.29, 1.82) is 0 Å². The van der Waals surface area contributed by atoms with Gasteiger partial charge in [0.25, 0.3) is 5.91 Å². The third-order valence-electron chi connectivity index (χ3n) is 3.86. The fourth-order valence-corrected chi connectivity index (χ4v) is 2.68. The molecule has 1 amide bonds. The summed E-state index contributed by atoms with van der Waals surface area (Å²) in [7, 11) is 0. The number of piperidine rings is 1. The number of carbonyl (C=O) groups is 1. The summed E-state index contributed by atoms with van der Waals surface area (Å²) in [5.74, 6) is 0.522. The molecule has 98 valence electrons. The lowest BCUT2D eigenvalue weighted by Gasteiger charge is -2.38. The van der Waals surface area contributed by atoms with E-state index in [2.05, 4.69) is 13.8 Å². The van der Waals surface area contributed by atoms with Crippen LogP contribution in [0.1, 0.15) is 37.0 Å². The first kappa shape index (κ1) is 13.2. The Kier molecular flexibility index (Phi) is 3.81. The minimum absolute atomic E-state index is 0.00801. The topological polar surface area (TPSA) is 46.3 Å². The number of nitrogen functional groups attached to an aromatic ring is 1. The SMILES string of the molecule is CC1CCCN(C(=O)c2cc(N)ccc2Cl)C1C. The average molecular weight is 267 g/mol. The molecular weight excluding hydrogens is 248 g/mol. The third kappa shape index (κ3) is 2.46. The number of amides is 1. The van der Waals surface area contributed by atoms with Gasteiger partial charge in [0, 0.05) is 18.3 Å². The molecule has 3 nitrogen and oxygen atoms in total. The van der Waals surface area contributed by atoms with Crippen molar-refractivity contribution in [3.63, 3.8) is 0 Å². The number of likely N-dealkylation sites (tertiary alicyclic amines) is 1. The first-order valence-corrected chi connectivity index (χ1v) is 6.74. The molecule has 1 saturated heterocycles. The first-order chi connectivity index (χ1) is 8.50. The number of rotatable bonds is 1. The Balaban J connectivity index is 2.27. The molecule has 1 fully saturated rings. The van der Waals surface area contributed by atoms with Crippen LogP contribution in [0, 0.1) is 5.92 Å². The molecule has 2 atom stereocenters. The highest BCUT2D eigenvalue weighted by Gasteiger charge is 2.29. The van der Waals surface area contributed by atoms with Crippen LogP contribution in [0.5, 0.6) is 0 Å². The standard InChI is InChI=1S/C14H19ClN2O/c1-9-4-3-7-17(10(9)2)14(18)12-8-11(16)5-6-13(12)15/h5-6,8-10H,3-4,7,16H2,1-2H3. The number of hydrogen-bond acceptors (Lipinski definition) is 2. The van der Waals surface area contributed by atoms with Gasteiger partial charge in [0.1, 0.15) is 0 Å². The highest BCUT2D eigenvalue weighted by atomic mass is 35.5. The summed E-state index contributed by atoms with van der Waals surface area (Å²) in [5.41, 5.74) is 6.81. The summed E-state index contributed by atoms with van der Waals surface area (Å²) in [5, 5.41) is 0.472. The fraction of sp³-hybridized carbons (Fsp3) is 0.500. The largest absolute Gasteiger partial charge is 0.399 e. The van der Waals surface area contributed by atoms with Crippen molar-refractivity contribution in [3.05, 3.63) is 28.8 Å². The van der Waals surface area contributed by atoms with Crippen LogP contribution in [0.2, 0.25) is 5.02 Å². The maximum absolute atomic E-state index is 12.5. The second-order valence-electron chi connectivity index (χ2n) is 5.10. The Morgan fingerprint density at radius 2 is 2.17 bits per heavy atom. The summed E-state index contributed by atoms with van der Waals surface area (Å²) < 4.78 is 0. The van der Waals surface area contributed by atoms with Crippen molar-refractivity contribution in [2.75, 3.05) is 12.3 Å². The quantitative estimate of drug-likeness (QED) is 0.794. The molecular formula is C14H19ClN2O. The van der Waals surface area contributed by atoms with Gasteiger partial charge in [0.2, 0.25) is 0 Å². The fourth-order valence-electron chi connectivity index (χ4n) is 2.48. The number of carbonyl (C=O) groups excluding carboxylic acids is 1. The maximum Gasteiger partial charge on any atom is 0.255 e. The van der Waals surface area contributed by atoms with E-state index in [1.165, 1.54) is 6.42 Å². The Morgan fingerprint density at radius 1 is 1.44 bits per heavy atom. The molecule has 0 aromatic heterocycles. The van der Waals surface area contributed by atoms with E-state index in [-0.39, 0.29) is 11.9 Å². The summed E-state index contributed by atoms with van der Waals surface area (Å²) in [6, 6.07) is 5.31. The van der Waals surface area contributed by atoms with E-state index in [1.54, 1.807) is 18.2 Å². The van der Waals surface area contributed by atoms with Gasteiger partial charge in [-0.3, -0.25) is 4.79 Å². The highest BCUT2D eigenvalue weighted by molar-refractivity contribution is 6.34. The van der Waals surface area contributed by atoms with E-state index in [1.807, 2.05) is 4.90 Å². The molecule has 0 bridgehead atoms. The van der Waals surface area contributed by atoms with Crippen molar-refractivity contribution >= 4 is 23.2 Å². The number of nitrogens with zero attached hydrogens (tertiary/aromatic N) is 1. The summed E-state index contributed by atoms with van der Waals surface area (Å²) in [6.45, 7) is 5.09. The van der Waals surface area contributed by atoms with Crippen LogP contribution >= 0.6 is 11.6 Å². The molecule has 2 N–H and O–H groups in total. The number of benzene rings is 1. The molecule has 0 saturated carbocycles. The van der Waals surface area contributed by atoms with Gasteiger partial charge in [-0.2, -0.15) is 0 Å². The van der Waals surface area contributed by atoms with Crippen LogP contribution in [0.3, 0.4) is 0 Å². The van der Waals surface area contributed by atoms with Crippen molar-refractivity contribution in [2.24, 2.45) is 5.92 Å². The van der Waals surface area contributed by atoms with Crippen LogP contribution in [-0.4, -0.2) is 23.4 Å². The number of hydrogen-bond donors (Lipinski definition) is 1. The zero-order valence-electron chi connectivity index (χ0n) is 10.8. The second-order valence-corrected chi connectivity index (χ2v) is 5.51. The van der Waals surface area contributed by atoms with Crippen LogP contribution in [0.25, 0.3) is 0 Å². The Morgan fingerprint density at radius 3 is 2.89 bits per heavy atom. The van der Waals surface area contributed by atoms with Gasteiger partial charge in [0.15, 0.2) is 0 Å². The number of halogens is 1. The molecule has 2 rings (SSSR count). The van der Waals surface area contributed by atoms with E-state index >= 15 is 0 Å². The molecule has 1 heterocycles. The van der Waals surface area contributed by atoms with E-state index in [9.17, 15) is 4.79 Å². The van der Waals surface area contributed by atoms with Gasteiger partial charge in [0.05, 0.1) is 10.6 Å². The molecule has 1 aromatic rings. The van der Waals surface area contributed by atoms with E-state index in [0.717, 1.165) is 13.0 Å². The number of nitrogens with two attached hydrogens (primary N) is 1. The molecule has 4 heteroatoms. The molecule has 2 unspecified atom stereocenters. The minimum atomic E-state index is -0.00801. The van der Waals surface area contributed by atoms with Crippen LogP contribution < -0.4 is 5.73 Å². The monoisotopic (exact) mass is 266 g/mol. The lowest BCUT2D eigenvalue weighted by Crippen LogP contribution is -2.46. The van der Waals surface area contributed by atoms with Gasteiger partial charge < -0.3 is 10.6 Å². The van der Waals surface area contributed by atoms with Gasteiger partial charge in [-0.05, 0) is 43.9 Å². The summed E-state index contributed by atoms with van der Waals surface area (Å²) in [4.78, 5) is 14.4. The predicted octanol–water partition coefficient (Wildman–Crippen LogP) is 3.18. The van der Waals surface area contributed by atoms with Crippen molar-refractivity contribution in [3.8, 4) is 0 Å². The molecule has 1 aliphatic rings. The average Bonchev–Trinajstić information content (AvgIpc) is 2.35. The molecule has 0 aliphatic carbocycles. The normalized spacial score (nSPS) is 24.1. The molecule has 0 spiro atoms. The third-order valence-corrected chi connectivity index (χ3v) is 4.18. The molecule has 18 heavy (non-hydrogen) atoms. The van der Waals surface area contributed by atoms with Crippen LogP contribution in [0.15, 0.2) is 18.2 Å². The molecule has 1 aliphatic heterocycles. The Labute approximate surface area is 113 Å². The van der Waals surface area contributed by atoms with Gasteiger partial charge >= 0.3 is 0 Å². The maximum atomic E-state index is 12.5. The summed E-state index contributed by atoms with van der Waals surface area (Å²) in [6.07, 6.45) is 2.23.